The topological polar surface area (TPSA) is 42.0 Å². The molecular weight excluding hydrogens is 379 g/mol. The molecule has 0 aliphatic heterocycles. The maximum absolute atomic E-state index is 12.6. The number of hydrogen-bond acceptors (Lipinski definition) is 2. The molecule has 0 saturated carbocycles. The minimum Gasteiger partial charge on any atom is -0.320 e. The number of carbonyl (C=O) groups excluding carboxylic acids is 1. The van der Waals surface area contributed by atoms with Crippen LogP contribution in [0.4, 0.5) is 5.69 Å². The van der Waals surface area contributed by atoms with Crippen LogP contribution in [0.5, 0.6) is 0 Å². The van der Waals surface area contributed by atoms with Crippen LogP contribution in [0.25, 0.3) is 21.9 Å². The lowest BCUT2D eigenvalue weighted by molar-refractivity contribution is 0.102. The summed E-state index contributed by atoms with van der Waals surface area (Å²) in [5.74, 6) is -0.262. The summed E-state index contributed by atoms with van der Waals surface area (Å²) in [6.45, 7) is 0. The first kappa shape index (κ1) is 17.5. The van der Waals surface area contributed by atoms with Crippen LogP contribution in [0, 0.1) is 0 Å². The van der Waals surface area contributed by atoms with Gasteiger partial charge in [0, 0.05) is 27.3 Å². The van der Waals surface area contributed by atoms with Gasteiger partial charge in [-0.2, -0.15) is 0 Å². The molecule has 0 fully saturated rings. The molecule has 0 saturated heterocycles. The monoisotopic (exact) mass is 392 g/mol. The largest absolute Gasteiger partial charge is 0.320 e. The number of anilines is 1. The third kappa shape index (κ3) is 3.65. The van der Waals surface area contributed by atoms with E-state index in [0.717, 1.165) is 21.9 Å². The third-order valence-corrected chi connectivity index (χ3v) is 4.66. The van der Waals surface area contributed by atoms with E-state index in [0.29, 0.717) is 21.4 Å². The van der Waals surface area contributed by atoms with E-state index in [-0.39, 0.29) is 5.91 Å². The summed E-state index contributed by atoms with van der Waals surface area (Å²) in [6.07, 6.45) is 1.59. The SMILES string of the molecule is O=C(Nc1cccc2cccc(-c3cc(Cl)cc(Cl)c3)c12)c1ccccn1. The van der Waals surface area contributed by atoms with E-state index in [1.807, 2.05) is 48.5 Å². The van der Waals surface area contributed by atoms with Crippen LogP contribution < -0.4 is 5.32 Å². The molecule has 0 radical (unpaired) electrons. The first-order valence-electron chi connectivity index (χ1n) is 8.32. The molecule has 4 aromatic rings. The summed E-state index contributed by atoms with van der Waals surface area (Å²) in [4.78, 5) is 16.7. The maximum Gasteiger partial charge on any atom is 0.274 e. The summed E-state index contributed by atoms with van der Waals surface area (Å²) in [5.41, 5.74) is 2.89. The van der Waals surface area contributed by atoms with Crippen molar-refractivity contribution in [2.75, 3.05) is 5.32 Å². The van der Waals surface area contributed by atoms with Gasteiger partial charge in [-0.3, -0.25) is 9.78 Å². The predicted octanol–water partition coefficient (Wildman–Crippen LogP) is 6.46. The Balaban J connectivity index is 1.86. The van der Waals surface area contributed by atoms with Crippen LogP contribution in [0.3, 0.4) is 0 Å². The average molecular weight is 393 g/mol. The van der Waals surface area contributed by atoms with Gasteiger partial charge in [-0.1, -0.05) is 59.6 Å². The molecule has 0 aliphatic rings. The minimum atomic E-state index is -0.262. The number of aromatic nitrogens is 1. The normalized spacial score (nSPS) is 10.7. The first-order valence-corrected chi connectivity index (χ1v) is 9.08. The number of nitrogens with one attached hydrogen (secondary N) is 1. The van der Waals surface area contributed by atoms with E-state index in [1.54, 1.807) is 30.5 Å². The Morgan fingerprint density at radius 1 is 0.852 bits per heavy atom. The zero-order valence-electron chi connectivity index (χ0n) is 14.1. The van der Waals surface area contributed by atoms with E-state index < -0.39 is 0 Å². The Morgan fingerprint density at radius 2 is 1.59 bits per heavy atom. The van der Waals surface area contributed by atoms with Gasteiger partial charge in [0.25, 0.3) is 5.91 Å². The van der Waals surface area contributed by atoms with Gasteiger partial charge in [-0.25, -0.2) is 0 Å². The lowest BCUT2D eigenvalue weighted by atomic mass is 9.97. The Morgan fingerprint density at radius 3 is 2.30 bits per heavy atom. The molecule has 3 nitrogen and oxygen atoms in total. The van der Waals surface area contributed by atoms with Crippen molar-refractivity contribution in [2.45, 2.75) is 0 Å². The van der Waals surface area contributed by atoms with Crippen LogP contribution in [0.2, 0.25) is 10.0 Å². The molecule has 5 heteroatoms. The average Bonchev–Trinajstić information content (AvgIpc) is 2.67. The van der Waals surface area contributed by atoms with Crippen LogP contribution in [0.1, 0.15) is 10.5 Å². The summed E-state index contributed by atoms with van der Waals surface area (Å²) in [5, 5.41) is 6.01. The van der Waals surface area contributed by atoms with Gasteiger partial charge in [0.15, 0.2) is 0 Å². The fourth-order valence-electron chi connectivity index (χ4n) is 3.08. The maximum atomic E-state index is 12.6. The van der Waals surface area contributed by atoms with E-state index in [9.17, 15) is 4.79 Å². The van der Waals surface area contributed by atoms with Crippen molar-refractivity contribution in [1.82, 2.24) is 4.98 Å². The lowest BCUT2D eigenvalue weighted by Crippen LogP contribution is -2.13. The Bertz CT molecular complexity index is 1120. The van der Waals surface area contributed by atoms with Crippen LogP contribution in [-0.4, -0.2) is 10.9 Å². The second-order valence-electron chi connectivity index (χ2n) is 6.04. The predicted molar refractivity (Wildman–Crippen MR) is 112 cm³/mol. The van der Waals surface area contributed by atoms with Crippen molar-refractivity contribution in [3.63, 3.8) is 0 Å². The molecule has 4 rings (SSSR count). The second kappa shape index (κ2) is 7.39. The van der Waals surface area contributed by atoms with Gasteiger partial charge in [-0.05, 0) is 52.9 Å². The van der Waals surface area contributed by atoms with Crippen LogP contribution in [-0.2, 0) is 0 Å². The summed E-state index contributed by atoms with van der Waals surface area (Å²) in [7, 11) is 0. The van der Waals surface area contributed by atoms with Gasteiger partial charge < -0.3 is 5.32 Å². The van der Waals surface area contributed by atoms with Crippen molar-refractivity contribution in [3.8, 4) is 11.1 Å². The number of amides is 1. The Labute approximate surface area is 166 Å². The third-order valence-electron chi connectivity index (χ3n) is 4.22. The number of pyridine rings is 1. The molecule has 1 N–H and O–H groups in total. The van der Waals surface area contributed by atoms with E-state index in [1.165, 1.54) is 0 Å². The highest BCUT2D eigenvalue weighted by molar-refractivity contribution is 6.35. The first-order chi connectivity index (χ1) is 13.1. The molecular formula is C22H14Cl2N2O. The molecule has 0 spiro atoms. The highest BCUT2D eigenvalue weighted by Gasteiger charge is 2.13. The van der Waals surface area contributed by atoms with Crippen molar-refractivity contribution >= 4 is 45.6 Å². The number of carbonyl (C=O) groups is 1. The number of benzene rings is 3. The van der Waals surface area contributed by atoms with Gasteiger partial charge >= 0.3 is 0 Å². The highest BCUT2D eigenvalue weighted by Crippen LogP contribution is 2.36. The molecule has 0 aliphatic carbocycles. The van der Waals surface area contributed by atoms with Crippen molar-refractivity contribution in [2.24, 2.45) is 0 Å². The number of fused-ring (bicyclic) bond motifs is 1. The Kier molecular flexibility index (Phi) is 4.80. The minimum absolute atomic E-state index is 0.262. The standard InChI is InChI=1S/C22H14Cl2N2O/c23-16-11-15(12-17(24)13-16)18-7-3-5-14-6-4-9-19(21(14)18)26-22(27)20-8-1-2-10-25-20/h1-13H,(H,26,27). The number of hydrogen-bond donors (Lipinski definition) is 1. The van der Waals surface area contributed by atoms with Gasteiger partial charge in [-0.15, -0.1) is 0 Å². The number of nitrogens with zero attached hydrogens (tertiary/aromatic N) is 1. The van der Waals surface area contributed by atoms with Crippen LogP contribution >= 0.6 is 23.2 Å². The van der Waals surface area contributed by atoms with Gasteiger partial charge in [0.1, 0.15) is 5.69 Å². The van der Waals surface area contributed by atoms with Crippen molar-refractivity contribution in [3.05, 3.63) is 94.7 Å². The van der Waals surface area contributed by atoms with E-state index in [2.05, 4.69) is 10.3 Å². The van der Waals surface area contributed by atoms with Crippen molar-refractivity contribution in [1.29, 1.82) is 0 Å². The quantitative estimate of drug-likeness (QED) is 0.434. The molecule has 27 heavy (non-hydrogen) atoms. The molecule has 1 amide bonds. The zero-order valence-corrected chi connectivity index (χ0v) is 15.6. The van der Waals surface area contributed by atoms with Crippen LogP contribution in [0.15, 0.2) is 79.0 Å². The highest BCUT2D eigenvalue weighted by atomic mass is 35.5. The second-order valence-corrected chi connectivity index (χ2v) is 6.91. The fraction of sp³-hybridized carbons (Fsp3) is 0. The molecule has 132 valence electrons. The number of halogens is 2. The molecule has 0 unspecified atom stereocenters. The molecule has 0 atom stereocenters. The fourth-order valence-corrected chi connectivity index (χ4v) is 3.60. The zero-order chi connectivity index (χ0) is 18.8. The van der Waals surface area contributed by atoms with Crippen molar-refractivity contribution < 1.29 is 4.79 Å². The number of rotatable bonds is 3. The smallest absolute Gasteiger partial charge is 0.274 e. The molecule has 3 aromatic carbocycles. The molecule has 1 heterocycles. The Hall–Kier alpha value is -2.88. The molecule has 0 bridgehead atoms. The van der Waals surface area contributed by atoms with Gasteiger partial charge in [0.05, 0.1) is 0 Å². The van der Waals surface area contributed by atoms with E-state index >= 15 is 0 Å². The summed E-state index contributed by atoms with van der Waals surface area (Å²) in [6, 6.07) is 22.4. The lowest BCUT2D eigenvalue weighted by Gasteiger charge is -2.13. The summed E-state index contributed by atoms with van der Waals surface area (Å²) < 4.78 is 0. The van der Waals surface area contributed by atoms with Gasteiger partial charge in [0.2, 0.25) is 0 Å². The summed E-state index contributed by atoms with van der Waals surface area (Å²) >= 11 is 12.4. The molecule has 1 aromatic heterocycles. The van der Waals surface area contributed by atoms with E-state index in [4.69, 9.17) is 23.2 Å².